The summed E-state index contributed by atoms with van der Waals surface area (Å²) in [5.74, 6) is -0.502. The van der Waals surface area contributed by atoms with Gasteiger partial charge in [0.15, 0.2) is 0 Å². The lowest BCUT2D eigenvalue weighted by atomic mass is 10.00. The van der Waals surface area contributed by atoms with Gasteiger partial charge in [-0.3, -0.25) is 14.9 Å². The molecule has 0 atom stereocenters. The van der Waals surface area contributed by atoms with Gasteiger partial charge in [-0.1, -0.05) is 24.3 Å². The largest absolute Gasteiger partial charge is 0.372 e. The van der Waals surface area contributed by atoms with Crippen molar-refractivity contribution in [2.24, 2.45) is 0 Å². The molecular weight excluding hydrogens is 256 g/mol. The Kier molecular flexibility index (Phi) is 5.98. The summed E-state index contributed by atoms with van der Waals surface area (Å²) in [6.45, 7) is 3.68. The molecule has 1 aliphatic rings. The van der Waals surface area contributed by atoms with E-state index in [2.05, 4.69) is 29.2 Å². The topological polar surface area (TPSA) is 61.8 Å². The predicted octanol–water partition coefficient (Wildman–Crippen LogP) is 1.35. The Morgan fingerprint density at radius 3 is 2.90 bits per heavy atom. The third-order valence-electron chi connectivity index (χ3n) is 3.58. The molecule has 0 spiro atoms. The van der Waals surface area contributed by atoms with Gasteiger partial charge < -0.3 is 4.74 Å². The van der Waals surface area contributed by atoms with Crippen molar-refractivity contribution in [1.29, 1.82) is 0 Å². The van der Waals surface area contributed by atoms with E-state index in [0.29, 0.717) is 6.61 Å². The number of nitrogens with zero attached hydrogens (tertiary/aromatic N) is 1. The number of hydrogen-bond donors (Lipinski definition) is 2. The van der Waals surface area contributed by atoms with E-state index in [-0.39, 0.29) is 6.61 Å². The van der Waals surface area contributed by atoms with Crippen molar-refractivity contribution in [2.75, 3.05) is 26.3 Å². The van der Waals surface area contributed by atoms with E-state index >= 15 is 0 Å². The van der Waals surface area contributed by atoms with Crippen LogP contribution in [0, 0.1) is 0 Å². The quantitative estimate of drug-likeness (QED) is 0.449. The molecule has 0 radical (unpaired) electrons. The first-order valence-electron chi connectivity index (χ1n) is 7.09. The Balaban J connectivity index is 1.58. The summed E-state index contributed by atoms with van der Waals surface area (Å²) in [7, 11) is 0. The number of benzene rings is 1. The summed E-state index contributed by atoms with van der Waals surface area (Å²) in [5.41, 5.74) is 4.46. The molecule has 0 unspecified atom stereocenters. The van der Waals surface area contributed by atoms with Gasteiger partial charge in [0.1, 0.15) is 6.61 Å². The second-order valence-electron chi connectivity index (χ2n) is 5.09. The Hall–Kier alpha value is -1.43. The Morgan fingerprint density at radius 2 is 2.10 bits per heavy atom. The summed E-state index contributed by atoms with van der Waals surface area (Å²) in [6, 6.07) is 8.63. The van der Waals surface area contributed by atoms with Gasteiger partial charge in [-0.25, -0.2) is 5.48 Å². The fraction of sp³-hybridized carbons (Fsp3) is 0.533. The van der Waals surface area contributed by atoms with Crippen molar-refractivity contribution in [3.8, 4) is 0 Å². The lowest BCUT2D eigenvalue weighted by Crippen LogP contribution is -2.31. The minimum atomic E-state index is -0.502. The second kappa shape index (κ2) is 7.99. The van der Waals surface area contributed by atoms with Crippen molar-refractivity contribution in [2.45, 2.75) is 25.8 Å². The van der Waals surface area contributed by atoms with Gasteiger partial charge in [-0.05, 0) is 36.9 Å². The summed E-state index contributed by atoms with van der Waals surface area (Å²) in [5, 5.41) is 8.30. The zero-order chi connectivity index (χ0) is 14.2. The smallest absolute Gasteiger partial charge is 0.269 e. The standard InChI is InChI=1S/C15H22N2O3/c18-15(16-19)12-20-10-4-3-8-17-9-7-13-5-1-2-6-14(13)11-17/h1-2,5-6,19H,3-4,7-12H2,(H,16,18). The summed E-state index contributed by atoms with van der Waals surface area (Å²) >= 11 is 0. The number of unbranched alkanes of at least 4 members (excludes halogenated alkanes) is 1. The van der Waals surface area contributed by atoms with Crippen LogP contribution in [-0.2, 0) is 22.5 Å². The lowest BCUT2D eigenvalue weighted by Gasteiger charge is -2.28. The third kappa shape index (κ3) is 4.59. The van der Waals surface area contributed by atoms with Crippen LogP contribution >= 0.6 is 0 Å². The molecule has 0 aromatic heterocycles. The SMILES string of the molecule is O=C(COCCCCN1CCc2ccccc2C1)NO. The molecule has 110 valence electrons. The maximum atomic E-state index is 10.7. The fourth-order valence-electron chi connectivity index (χ4n) is 2.48. The van der Waals surface area contributed by atoms with Gasteiger partial charge >= 0.3 is 0 Å². The van der Waals surface area contributed by atoms with Crippen LogP contribution in [-0.4, -0.2) is 42.3 Å². The number of nitrogens with one attached hydrogen (secondary N) is 1. The number of carbonyl (C=O) groups is 1. The van der Waals surface area contributed by atoms with Gasteiger partial charge in [-0.15, -0.1) is 0 Å². The summed E-state index contributed by atoms with van der Waals surface area (Å²) in [6.07, 6.45) is 3.11. The normalized spacial score (nSPS) is 14.8. The van der Waals surface area contributed by atoms with Crippen LogP contribution in [0.15, 0.2) is 24.3 Å². The molecule has 0 fully saturated rings. The average Bonchev–Trinajstić information content (AvgIpc) is 2.50. The lowest BCUT2D eigenvalue weighted by molar-refractivity contribution is -0.134. The summed E-state index contributed by atoms with van der Waals surface area (Å²) in [4.78, 5) is 13.2. The van der Waals surface area contributed by atoms with Gasteiger partial charge in [0, 0.05) is 19.7 Å². The van der Waals surface area contributed by atoms with Gasteiger partial charge in [0.05, 0.1) is 0 Å². The molecule has 1 aromatic rings. The van der Waals surface area contributed by atoms with Crippen molar-refractivity contribution in [1.82, 2.24) is 10.4 Å². The number of rotatable bonds is 7. The molecule has 5 nitrogen and oxygen atoms in total. The zero-order valence-corrected chi connectivity index (χ0v) is 11.7. The van der Waals surface area contributed by atoms with E-state index < -0.39 is 5.91 Å². The monoisotopic (exact) mass is 278 g/mol. The van der Waals surface area contributed by atoms with E-state index in [1.807, 2.05) is 0 Å². The van der Waals surface area contributed by atoms with Crippen LogP contribution in [0.5, 0.6) is 0 Å². The second-order valence-corrected chi connectivity index (χ2v) is 5.09. The molecular formula is C15H22N2O3. The molecule has 0 bridgehead atoms. The molecule has 0 saturated carbocycles. The first kappa shape index (κ1) is 15.0. The maximum absolute atomic E-state index is 10.7. The molecule has 20 heavy (non-hydrogen) atoms. The highest BCUT2D eigenvalue weighted by molar-refractivity contribution is 5.75. The fourth-order valence-corrected chi connectivity index (χ4v) is 2.48. The Morgan fingerprint density at radius 1 is 1.30 bits per heavy atom. The summed E-state index contributed by atoms with van der Waals surface area (Å²) < 4.78 is 5.14. The van der Waals surface area contributed by atoms with Crippen LogP contribution in [0.1, 0.15) is 24.0 Å². The number of amides is 1. The molecule has 1 aromatic carbocycles. The number of fused-ring (bicyclic) bond motifs is 1. The van der Waals surface area contributed by atoms with Crippen molar-refractivity contribution >= 4 is 5.91 Å². The number of ether oxygens (including phenoxy) is 1. The predicted molar refractivity (Wildman–Crippen MR) is 75.4 cm³/mol. The molecule has 5 heteroatoms. The molecule has 1 amide bonds. The molecule has 1 aliphatic heterocycles. The first-order valence-corrected chi connectivity index (χ1v) is 7.09. The Bertz CT molecular complexity index is 437. The molecule has 0 saturated heterocycles. The molecule has 1 heterocycles. The number of hydrogen-bond acceptors (Lipinski definition) is 4. The van der Waals surface area contributed by atoms with Crippen LogP contribution in [0.3, 0.4) is 0 Å². The molecule has 2 rings (SSSR count). The Labute approximate surface area is 119 Å². The van der Waals surface area contributed by atoms with Gasteiger partial charge in [0.25, 0.3) is 5.91 Å². The molecule has 0 aliphatic carbocycles. The van der Waals surface area contributed by atoms with Crippen molar-refractivity contribution in [3.05, 3.63) is 35.4 Å². The number of carbonyl (C=O) groups excluding carboxylic acids is 1. The zero-order valence-electron chi connectivity index (χ0n) is 11.7. The van der Waals surface area contributed by atoms with E-state index in [4.69, 9.17) is 9.94 Å². The highest BCUT2D eigenvalue weighted by atomic mass is 16.5. The van der Waals surface area contributed by atoms with E-state index in [9.17, 15) is 4.79 Å². The average molecular weight is 278 g/mol. The van der Waals surface area contributed by atoms with E-state index in [1.54, 1.807) is 5.48 Å². The van der Waals surface area contributed by atoms with Crippen molar-refractivity contribution in [3.63, 3.8) is 0 Å². The highest BCUT2D eigenvalue weighted by Crippen LogP contribution is 2.18. The number of hydroxylamine groups is 1. The van der Waals surface area contributed by atoms with Crippen LogP contribution in [0.2, 0.25) is 0 Å². The maximum Gasteiger partial charge on any atom is 0.269 e. The van der Waals surface area contributed by atoms with Crippen LogP contribution in [0.4, 0.5) is 0 Å². The highest BCUT2D eigenvalue weighted by Gasteiger charge is 2.14. The van der Waals surface area contributed by atoms with Gasteiger partial charge in [0.2, 0.25) is 0 Å². The third-order valence-corrected chi connectivity index (χ3v) is 3.58. The minimum absolute atomic E-state index is 0.0758. The van der Waals surface area contributed by atoms with Crippen LogP contribution in [0.25, 0.3) is 0 Å². The van der Waals surface area contributed by atoms with Crippen LogP contribution < -0.4 is 5.48 Å². The van der Waals surface area contributed by atoms with E-state index in [1.165, 1.54) is 11.1 Å². The first-order chi connectivity index (χ1) is 9.79. The van der Waals surface area contributed by atoms with Gasteiger partial charge in [-0.2, -0.15) is 0 Å². The molecule has 2 N–H and O–H groups in total. The van der Waals surface area contributed by atoms with Crippen molar-refractivity contribution < 1.29 is 14.7 Å². The van der Waals surface area contributed by atoms with E-state index in [0.717, 1.165) is 38.9 Å². The minimum Gasteiger partial charge on any atom is -0.372 e.